The van der Waals surface area contributed by atoms with Crippen LogP contribution >= 0.6 is 15.9 Å². The Morgan fingerprint density at radius 1 is 1.53 bits per heavy atom. The molecule has 1 aliphatic rings. The minimum Gasteiger partial charge on any atom is -0.478 e. The van der Waals surface area contributed by atoms with Crippen LogP contribution in [-0.4, -0.2) is 24.2 Å². The molecule has 0 fully saturated rings. The van der Waals surface area contributed by atoms with Gasteiger partial charge in [0.25, 0.3) is 0 Å². The maximum atomic E-state index is 10.9. The molecular weight excluding hydrogens is 282 g/mol. The number of carboxylic acid groups (broad SMARTS) is 1. The van der Waals surface area contributed by atoms with E-state index in [9.17, 15) is 4.79 Å². The van der Waals surface area contributed by atoms with Crippen molar-refractivity contribution >= 4 is 27.6 Å². The zero-order chi connectivity index (χ0) is 12.4. The molecule has 0 saturated carbocycles. The Hall–Kier alpha value is -1.29. The Morgan fingerprint density at radius 3 is 2.94 bits per heavy atom. The van der Waals surface area contributed by atoms with E-state index in [4.69, 9.17) is 5.11 Å². The van der Waals surface area contributed by atoms with Gasteiger partial charge in [0.05, 0.1) is 5.56 Å². The van der Waals surface area contributed by atoms with Gasteiger partial charge in [0.2, 0.25) is 0 Å². The summed E-state index contributed by atoms with van der Waals surface area (Å²) in [6, 6.07) is 5.34. The Balaban J connectivity index is 2.33. The molecule has 3 nitrogen and oxygen atoms in total. The van der Waals surface area contributed by atoms with E-state index in [0.29, 0.717) is 5.56 Å². The number of aryl methyl sites for hydroxylation is 1. The first-order chi connectivity index (χ1) is 8.08. The molecule has 0 saturated heterocycles. The number of hydrogen-bond donors (Lipinski definition) is 1. The van der Waals surface area contributed by atoms with Crippen molar-refractivity contribution in [3.05, 3.63) is 40.4 Å². The molecule has 1 N–H and O–H groups in total. The fourth-order valence-electron chi connectivity index (χ4n) is 2.18. The van der Waals surface area contributed by atoms with Gasteiger partial charge in [-0.3, -0.25) is 0 Å². The second-order valence-corrected chi connectivity index (χ2v) is 5.31. The lowest BCUT2D eigenvalue weighted by molar-refractivity contribution is 0.0697. The van der Waals surface area contributed by atoms with Gasteiger partial charge in [0.1, 0.15) is 0 Å². The average Bonchev–Trinajstić information content (AvgIpc) is 2.28. The second-order valence-electron chi connectivity index (χ2n) is 4.19. The highest BCUT2D eigenvalue weighted by Crippen LogP contribution is 2.29. The maximum absolute atomic E-state index is 10.9. The first-order valence-corrected chi connectivity index (χ1v) is 6.31. The van der Waals surface area contributed by atoms with Gasteiger partial charge in [0.15, 0.2) is 0 Å². The van der Waals surface area contributed by atoms with Crippen molar-refractivity contribution in [2.45, 2.75) is 12.8 Å². The lowest BCUT2D eigenvalue weighted by Gasteiger charge is -2.31. The summed E-state index contributed by atoms with van der Waals surface area (Å²) in [6.45, 7) is 5.60. The van der Waals surface area contributed by atoms with Crippen molar-refractivity contribution in [2.75, 3.05) is 18.0 Å². The van der Waals surface area contributed by atoms with E-state index in [2.05, 4.69) is 27.4 Å². The van der Waals surface area contributed by atoms with Crippen LogP contribution in [0.4, 0.5) is 5.69 Å². The fourth-order valence-corrected chi connectivity index (χ4v) is 2.48. The Morgan fingerprint density at radius 2 is 2.29 bits per heavy atom. The molecule has 1 heterocycles. The van der Waals surface area contributed by atoms with Gasteiger partial charge < -0.3 is 10.0 Å². The van der Waals surface area contributed by atoms with Crippen molar-refractivity contribution in [3.8, 4) is 0 Å². The average molecular weight is 296 g/mol. The number of hydrogen-bond acceptors (Lipinski definition) is 2. The van der Waals surface area contributed by atoms with Gasteiger partial charge in [-0.25, -0.2) is 4.79 Å². The summed E-state index contributed by atoms with van der Waals surface area (Å²) in [5.74, 6) is -0.866. The molecule has 1 aromatic rings. The normalized spacial score (nSPS) is 14.3. The van der Waals surface area contributed by atoms with Gasteiger partial charge in [-0.2, -0.15) is 0 Å². The quantitative estimate of drug-likeness (QED) is 0.932. The highest BCUT2D eigenvalue weighted by atomic mass is 79.9. The number of carboxylic acids is 1. The largest absolute Gasteiger partial charge is 0.478 e. The minimum atomic E-state index is -0.866. The van der Waals surface area contributed by atoms with E-state index in [-0.39, 0.29) is 0 Å². The number of aromatic carboxylic acids is 1. The molecule has 17 heavy (non-hydrogen) atoms. The summed E-state index contributed by atoms with van der Waals surface area (Å²) in [5.41, 5.74) is 2.61. The molecule has 0 spiro atoms. The summed E-state index contributed by atoms with van der Waals surface area (Å²) in [6.07, 6.45) is 2.00. The molecule has 0 bridgehead atoms. The molecule has 0 aromatic heterocycles. The summed E-state index contributed by atoms with van der Waals surface area (Å²) >= 11 is 3.37. The van der Waals surface area contributed by atoms with Crippen LogP contribution in [0.5, 0.6) is 0 Å². The van der Waals surface area contributed by atoms with Gasteiger partial charge in [-0.1, -0.05) is 22.5 Å². The Labute approximate surface area is 109 Å². The summed E-state index contributed by atoms with van der Waals surface area (Å²) in [7, 11) is 0. The van der Waals surface area contributed by atoms with Gasteiger partial charge in [-0.15, -0.1) is 0 Å². The van der Waals surface area contributed by atoms with Crippen molar-refractivity contribution in [2.24, 2.45) is 0 Å². The number of rotatable bonds is 3. The minimum absolute atomic E-state index is 0.364. The molecule has 90 valence electrons. The zero-order valence-corrected chi connectivity index (χ0v) is 11.0. The third-order valence-electron chi connectivity index (χ3n) is 2.90. The SMILES string of the molecule is C=C(Br)CN1CCCc2cc(C(=O)O)ccc21. The monoisotopic (exact) mass is 295 g/mol. The van der Waals surface area contributed by atoms with E-state index in [0.717, 1.165) is 41.7 Å². The topological polar surface area (TPSA) is 40.5 Å². The lowest BCUT2D eigenvalue weighted by Crippen LogP contribution is -2.30. The highest BCUT2D eigenvalue weighted by Gasteiger charge is 2.18. The number of benzene rings is 1. The molecule has 1 aromatic carbocycles. The molecule has 0 aliphatic carbocycles. The van der Waals surface area contributed by atoms with Crippen molar-refractivity contribution < 1.29 is 9.90 Å². The maximum Gasteiger partial charge on any atom is 0.335 e. The fraction of sp³-hybridized carbons (Fsp3) is 0.308. The predicted molar refractivity (Wildman–Crippen MR) is 72.0 cm³/mol. The standard InChI is InChI=1S/C13H14BrNO2/c1-9(14)8-15-6-2-3-10-7-11(13(16)17)4-5-12(10)15/h4-5,7H,1-3,6,8H2,(H,16,17). The number of halogens is 1. The molecule has 0 unspecified atom stereocenters. The number of anilines is 1. The summed E-state index contributed by atoms with van der Waals surface area (Å²) < 4.78 is 0.938. The molecule has 0 atom stereocenters. The first-order valence-electron chi connectivity index (χ1n) is 5.52. The van der Waals surface area contributed by atoms with E-state index >= 15 is 0 Å². The molecule has 0 amide bonds. The lowest BCUT2D eigenvalue weighted by atomic mass is 9.99. The highest BCUT2D eigenvalue weighted by molar-refractivity contribution is 9.11. The second kappa shape index (κ2) is 4.92. The van der Waals surface area contributed by atoms with Crippen LogP contribution in [0.15, 0.2) is 29.3 Å². The van der Waals surface area contributed by atoms with Gasteiger partial charge in [0, 0.05) is 23.3 Å². The summed E-state index contributed by atoms with van der Waals surface area (Å²) in [4.78, 5) is 13.1. The van der Waals surface area contributed by atoms with E-state index in [1.54, 1.807) is 12.1 Å². The van der Waals surface area contributed by atoms with Crippen LogP contribution in [0.1, 0.15) is 22.3 Å². The van der Waals surface area contributed by atoms with E-state index < -0.39 is 5.97 Å². The third kappa shape index (κ3) is 2.69. The van der Waals surface area contributed by atoms with Gasteiger partial charge in [-0.05, 0) is 36.6 Å². The number of nitrogens with zero attached hydrogens (tertiary/aromatic N) is 1. The van der Waals surface area contributed by atoms with Crippen LogP contribution in [0, 0.1) is 0 Å². The van der Waals surface area contributed by atoms with Crippen molar-refractivity contribution in [3.63, 3.8) is 0 Å². The Kier molecular flexibility index (Phi) is 3.52. The van der Waals surface area contributed by atoms with Crippen LogP contribution in [0.25, 0.3) is 0 Å². The molecule has 1 aliphatic heterocycles. The van der Waals surface area contributed by atoms with Crippen molar-refractivity contribution in [1.29, 1.82) is 0 Å². The van der Waals surface area contributed by atoms with Crippen LogP contribution in [-0.2, 0) is 6.42 Å². The van der Waals surface area contributed by atoms with E-state index in [1.807, 2.05) is 6.07 Å². The molecule has 2 rings (SSSR count). The van der Waals surface area contributed by atoms with Crippen molar-refractivity contribution in [1.82, 2.24) is 0 Å². The zero-order valence-electron chi connectivity index (χ0n) is 9.45. The Bertz CT molecular complexity index is 470. The predicted octanol–water partition coefficient (Wildman–Crippen LogP) is 3.05. The molecule has 4 heteroatoms. The molecule has 0 radical (unpaired) electrons. The number of fused-ring (bicyclic) bond motifs is 1. The van der Waals surface area contributed by atoms with Crippen LogP contribution in [0.2, 0.25) is 0 Å². The third-order valence-corrected chi connectivity index (χ3v) is 3.15. The number of carbonyl (C=O) groups is 1. The first kappa shape index (κ1) is 12.2. The van der Waals surface area contributed by atoms with Crippen LogP contribution < -0.4 is 4.90 Å². The summed E-state index contributed by atoms with van der Waals surface area (Å²) in [5, 5.41) is 8.96. The van der Waals surface area contributed by atoms with Gasteiger partial charge >= 0.3 is 5.97 Å². The van der Waals surface area contributed by atoms with E-state index in [1.165, 1.54) is 0 Å². The molecular formula is C13H14BrNO2. The van der Waals surface area contributed by atoms with Crippen LogP contribution in [0.3, 0.4) is 0 Å². The smallest absolute Gasteiger partial charge is 0.335 e.